The minimum atomic E-state index is 0. The predicted molar refractivity (Wildman–Crippen MR) is 88.5 cm³/mol. The number of fused-ring (bicyclic) bond motifs is 1. The monoisotopic (exact) mass is 317 g/mol. The molecule has 2 nitrogen and oxygen atoms in total. The Morgan fingerprint density at radius 1 is 1.25 bits per heavy atom. The maximum absolute atomic E-state index is 6.41. The first-order valence-electron chi connectivity index (χ1n) is 7.38. The third kappa shape index (κ3) is 3.81. The molecule has 0 fully saturated rings. The van der Waals surface area contributed by atoms with Crippen LogP contribution in [-0.2, 0) is 19.3 Å². The molecule has 1 atom stereocenters. The van der Waals surface area contributed by atoms with Gasteiger partial charge in [0.2, 0.25) is 0 Å². The van der Waals surface area contributed by atoms with E-state index in [9.17, 15) is 0 Å². The number of ether oxygens (including phenoxy) is 1. The summed E-state index contributed by atoms with van der Waals surface area (Å²) in [6.07, 6.45) is 6.63. The van der Waals surface area contributed by atoms with E-state index in [-0.39, 0.29) is 18.4 Å². The van der Waals surface area contributed by atoms with Crippen LogP contribution in [0.1, 0.15) is 49.8 Å². The molecule has 0 aromatic heterocycles. The molecule has 2 rings (SSSR count). The number of hydrogen-bond donors (Lipinski definition) is 1. The highest BCUT2D eigenvalue weighted by atomic mass is 35.5. The van der Waals surface area contributed by atoms with E-state index < -0.39 is 0 Å². The number of hydrogen-bond acceptors (Lipinski definition) is 2. The fraction of sp³-hybridized carbons (Fsp3) is 0.625. The molecule has 2 N–H and O–H groups in total. The molecule has 1 aromatic rings. The van der Waals surface area contributed by atoms with E-state index >= 15 is 0 Å². The zero-order chi connectivity index (χ0) is 13.8. The standard InChI is InChI=1S/C16H24ClNO.ClH/c1-3-12(18)9-11-10-15(17)16(19-4-2)14-8-6-5-7-13(11)14;/h10,12H,3-9,18H2,1-2H3;1H. The molecule has 1 aromatic carbocycles. The highest BCUT2D eigenvalue weighted by Gasteiger charge is 2.21. The lowest BCUT2D eigenvalue weighted by molar-refractivity contribution is 0.334. The molecule has 114 valence electrons. The summed E-state index contributed by atoms with van der Waals surface area (Å²) in [5.74, 6) is 0.910. The minimum Gasteiger partial charge on any atom is -0.492 e. The Balaban J connectivity index is 0.00000200. The molecule has 1 aliphatic carbocycles. The molecule has 0 saturated heterocycles. The number of halogens is 2. The normalized spacial score (nSPS) is 15.2. The van der Waals surface area contributed by atoms with Gasteiger partial charge >= 0.3 is 0 Å². The fourth-order valence-corrected chi connectivity index (χ4v) is 3.17. The third-order valence-corrected chi connectivity index (χ3v) is 4.22. The van der Waals surface area contributed by atoms with Crippen molar-refractivity contribution in [2.45, 2.75) is 58.4 Å². The van der Waals surface area contributed by atoms with Gasteiger partial charge in [-0.15, -0.1) is 12.4 Å². The van der Waals surface area contributed by atoms with E-state index in [1.54, 1.807) is 0 Å². The Morgan fingerprint density at radius 2 is 1.90 bits per heavy atom. The number of rotatable bonds is 5. The van der Waals surface area contributed by atoms with Crippen LogP contribution in [0.4, 0.5) is 0 Å². The van der Waals surface area contributed by atoms with E-state index in [4.69, 9.17) is 22.1 Å². The lowest BCUT2D eigenvalue weighted by Gasteiger charge is -2.24. The van der Waals surface area contributed by atoms with Gasteiger partial charge in [0.05, 0.1) is 11.6 Å². The van der Waals surface area contributed by atoms with Crippen LogP contribution in [0.25, 0.3) is 0 Å². The van der Waals surface area contributed by atoms with Crippen molar-refractivity contribution in [3.8, 4) is 5.75 Å². The maximum atomic E-state index is 6.41. The predicted octanol–water partition coefficient (Wildman–Crippen LogP) is 4.32. The van der Waals surface area contributed by atoms with Crippen LogP contribution < -0.4 is 10.5 Å². The molecule has 4 heteroatoms. The molecule has 1 unspecified atom stereocenters. The SMILES string of the molecule is CCOc1c(Cl)cc(CC(N)CC)c2c1CCCC2.Cl. The van der Waals surface area contributed by atoms with Crippen molar-refractivity contribution in [2.75, 3.05) is 6.61 Å². The quantitative estimate of drug-likeness (QED) is 0.877. The fourth-order valence-electron chi connectivity index (χ4n) is 2.87. The van der Waals surface area contributed by atoms with E-state index in [0.29, 0.717) is 6.61 Å². The van der Waals surface area contributed by atoms with Gasteiger partial charge in [-0.05, 0) is 68.2 Å². The minimum absolute atomic E-state index is 0. The molecule has 1 aliphatic rings. The molecule has 0 amide bonds. The van der Waals surface area contributed by atoms with Crippen LogP contribution >= 0.6 is 24.0 Å². The largest absolute Gasteiger partial charge is 0.492 e. The van der Waals surface area contributed by atoms with Crippen molar-refractivity contribution in [3.05, 3.63) is 27.8 Å². The van der Waals surface area contributed by atoms with Gasteiger partial charge in [0.25, 0.3) is 0 Å². The van der Waals surface area contributed by atoms with Crippen molar-refractivity contribution >= 4 is 24.0 Å². The van der Waals surface area contributed by atoms with Gasteiger partial charge in [-0.3, -0.25) is 0 Å². The van der Waals surface area contributed by atoms with E-state index in [2.05, 4.69) is 13.0 Å². The van der Waals surface area contributed by atoms with Crippen LogP contribution in [0.15, 0.2) is 6.07 Å². The first-order valence-corrected chi connectivity index (χ1v) is 7.76. The van der Waals surface area contributed by atoms with Gasteiger partial charge in [-0.1, -0.05) is 18.5 Å². The second-order valence-electron chi connectivity index (χ2n) is 5.32. The Hall–Kier alpha value is -0.440. The molecule has 0 aliphatic heterocycles. The Bertz CT molecular complexity index is 449. The van der Waals surface area contributed by atoms with Gasteiger partial charge in [-0.2, -0.15) is 0 Å². The lowest BCUT2D eigenvalue weighted by atomic mass is 9.85. The van der Waals surface area contributed by atoms with Crippen LogP contribution in [-0.4, -0.2) is 12.6 Å². The second kappa shape index (κ2) is 8.11. The summed E-state index contributed by atoms with van der Waals surface area (Å²) in [5, 5.41) is 0.751. The van der Waals surface area contributed by atoms with Gasteiger partial charge < -0.3 is 10.5 Å². The van der Waals surface area contributed by atoms with Crippen molar-refractivity contribution in [1.82, 2.24) is 0 Å². The molecule has 0 spiro atoms. The second-order valence-corrected chi connectivity index (χ2v) is 5.72. The van der Waals surface area contributed by atoms with Gasteiger partial charge in [-0.25, -0.2) is 0 Å². The first kappa shape index (κ1) is 17.6. The van der Waals surface area contributed by atoms with E-state index in [1.165, 1.54) is 29.5 Å². The van der Waals surface area contributed by atoms with Crippen LogP contribution in [0, 0.1) is 0 Å². The lowest BCUT2D eigenvalue weighted by Crippen LogP contribution is -2.23. The zero-order valence-electron chi connectivity index (χ0n) is 12.4. The van der Waals surface area contributed by atoms with Gasteiger partial charge in [0.15, 0.2) is 0 Å². The highest BCUT2D eigenvalue weighted by molar-refractivity contribution is 6.32. The highest BCUT2D eigenvalue weighted by Crippen LogP contribution is 2.38. The number of nitrogens with two attached hydrogens (primary N) is 1. The van der Waals surface area contributed by atoms with Gasteiger partial charge in [0.1, 0.15) is 5.75 Å². The number of benzene rings is 1. The Morgan fingerprint density at radius 3 is 2.50 bits per heavy atom. The molecule has 0 saturated carbocycles. The molecule has 0 heterocycles. The third-order valence-electron chi connectivity index (χ3n) is 3.94. The summed E-state index contributed by atoms with van der Waals surface area (Å²) in [6, 6.07) is 2.30. The topological polar surface area (TPSA) is 35.2 Å². The van der Waals surface area contributed by atoms with Gasteiger partial charge in [0, 0.05) is 6.04 Å². The average Bonchev–Trinajstić information content (AvgIpc) is 2.43. The molecule has 0 radical (unpaired) electrons. The van der Waals surface area contributed by atoms with Crippen molar-refractivity contribution in [2.24, 2.45) is 5.73 Å². The summed E-state index contributed by atoms with van der Waals surface area (Å²) < 4.78 is 5.76. The van der Waals surface area contributed by atoms with Crippen LogP contribution in [0.3, 0.4) is 0 Å². The van der Waals surface area contributed by atoms with Crippen molar-refractivity contribution < 1.29 is 4.74 Å². The van der Waals surface area contributed by atoms with E-state index in [0.717, 1.165) is 36.5 Å². The van der Waals surface area contributed by atoms with Crippen LogP contribution in [0.2, 0.25) is 5.02 Å². The first-order chi connectivity index (χ1) is 9.17. The summed E-state index contributed by atoms with van der Waals surface area (Å²) in [5.41, 5.74) is 10.2. The molecular weight excluding hydrogens is 293 g/mol. The molecule has 20 heavy (non-hydrogen) atoms. The van der Waals surface area contributed by atoms with E-state index in [1.807, 2.05) is 6.92 Å². The molecule has 0 bridgehead atoms. The maximum Gasteiger partial charge on any atom is 0.141 e. The molecular formula is C16H25Cl2NO. The Labute approximate surface area is 133 Å². The van der Waals surface area contributed by atoms with Crippen molar-refractivity contribution in [3.63, 3.8) is 0 Å². The summed E-state index contributed by atoms with van der Waals surface area (Å²) in [6.45, 7) is 4.81. The average molecular weight is 318 g/mol. The smallest absolute Gasteiger partial charge is 0.141 e. The zero-order valence-corrected chi connectivity index (χ0v) is 13.9. The van der Waals surface area contributed by atoms with Crippen LogP contribution in [0.5, 0.6) is 5.75 Å². The Kier molecular flexibility index (Phi) is 7.14. The summed E-state index contributed by atoms with van der Waals surface area (Å²) in [4.78, 5) is 0. The van der Waals surface area contributed by atoms with Crippen molar-refractivity contribution in [1.29, 1.82) is 0 Å². The summed E-state index contributed by atoms with van der Waals surface area (Å²) in [7, 11) is 0. The summed E-state index contributed by atoms with van der Waals surface area (Å²) >= 11 is 6.41.